The van der Waals surface area contributed by atoms with Gasteiger partial charge in [0.2, 0.25) is 6.08 Å². The van der Waals surface area contributed by atoms with E-state index < -0.39 is 28.9 Å². The Kier molecular flexibility index (Phi) is 2.79. The second-order valence-electron chi connectivity index (χ2n) is 2.26. The maximum Gasteiger partial charge on any atom is 0.287 e. The van der Waals surface area contributed by atoms with Crippen molar-refractivity contribution in [1.29, 1.82) is 0 Å². The number of carbonyl (C=O) groups is 1. The van der Waals surface area contributed by atoms with Crippen LogP contribution >= 0.6 is 0 Å². The van der Waals surface area contributed by atoms with Gasteiger partial charge in [0.25, 0.3) is 5.91 Å². The summed E-state index contributed by atoms with van der Waals surface area (Å²) in [5.74, 6) is -5.90. The molecule has 0 radical (unpaired) electrons. The minimum absolute atomic E-state index is 0.446. The number of hydrogen-bond acceptors (Lipinski definition) is 2. The molecule has 1 aromatic carbocycles. The maximum absolute atomic E-state index is 12.5. The van der Waals surface area contributed by atoms with E-state index in [9.17, 15) is 22.8 Å². The van der Waals surface area contributed by atoms with E-state index in [0.29, 0.717) is 12.1 Å². The van der Waals surface area contributed by atoms with Crippen molar-refractivity contribution in [3.05, 3.63) is 35.1 Å². The third-order valence-electron chi connectivity index (χ3n) is 1.38. The smallest absolute Gasteiger partial charge is 0.266 e. The van der Waals surface area contributed by atoms with E-state index in [1.165, 1.54) is 0 Å². The normalized spacial score (nSPS) is 9.36. The zero-order chi connectivity index (χ0) is 10.7. The molecule has 0 unspecified atom stereocenters. The molecule has 0 aliphatic heterocycles. The van der Waals surface area contributed by atoms with Gasteiger partial charge in [0, 0.05) is 5.56 Å². The van der Waals surface area contributed by atoms with E-state index in [-0.39, 0.29) is 0 Å². The fourth-order valence-electron chi connectivity index (χ4n) is 0.785. The van der Waals surface area contributed by atoms with Crippen molar-refractivity contribution in [2.45, 2.75) is 0 Å². The van der Waals surface area contributed by atoms with Crippen molar-refractivity contribution in [3.8, 4) is 0 Å². The lowest BCUT2D eigenvalue weighted by Crippen LogP contribution is -1.99. The van der Waals surface area contributed by atoms with E-state index >= 15 is 0 Å². The maximum atomic E-state index is 12.5. The minimum atomic E-state index is -1.68. The Hall–Kier alpha value is -1.94. The predicted octanol–water partition coefficient (Wildman–Crippen LogP) is 1.58. The monoisotopic (exact) mass is 201 g/mol. The molecule has 0 saturated heterocycles. The van der Waals surface area contributed by atoms with Gasteiger partial charge in [-0.15, -0.1) is 4.99 Å². The SMILES string of the molecule is O=C=NC(=O)c1cc(F)c(F)c(F)c1. The summed E-state index contributed by atoms with van der Waals surface area (Å²) >= 11 is 0. The first-order valence-electron chi connectivity index (χ1n) is 3.33. The van der Waals surface area contributed by atoms with Gasteiger partial charge in [-0.25, -0.2) is 18.0 Å². The van der Waals surface area contributed by atoms with E-state index in [2.05, 4.69) is 4.99 Å². The lowest BCUT2D eigenvalue weighted by molar-refractivity contribution is 0.100. The Morgan fingerprint density at radius 1 is 1.21 bits per heavy atom. The number of aliphatic imine (C=N–C) groups is 1. The van der Waals surface area contributed by atoms with Gasteiger partial charge >= 0.3 is 0 Å². The first-order chi connectivity index (χ1) is 6.56. The Bertz CT molecular complexity index is 415. The van der Waals surface area contributed by atoms with Crippen LogP contribution < -0.4 is 0 Å². The number of isocyanates is 1. The fraction of sp³-hybridized carbons (Fsp3) is 0. The van der Waals surface area contributed by atoms with E-state index in [0.717, 1.165) is 6.08 Å². The molecule has 0 aliphatic rings. The summed E-state index contributed by atoms with van der Waals surface area (Å²) < 4.78 is 37.5. The van der Waals surface area contributed by atoms with Gasteiger partial charge < -0.3 is 0 Å². The number of amides is 1. The lowest BCUT2D eigenvalue weighted by atomic mass is 10.2. The van der Waals surface area contributed by atoms with Gasteiger partial charge in [-0.05, 0) is 12.1 Å². The van der Waals surface area contributed by atoms with Crippen LogP contribution in [0.3, 0.4) is 0 Å². The van der Waals surface area contributed by atoms with Crippen molar-refractivity contribution in [2.24, 2.45) is 4.99 Å². The van der Waals surface area contributed by atoms with Gasteiger partial charge in [-0.2, -0.15) is 0 Å². The van der Waals surface area contributed by atoms with E-state index in [4.69, 9.17) is 0 Å². The van der Waals surface area contributed by atoms with Crippen molar-refractivity contribution in [2.75, 3.05) is 0 Å². The van der Waals surface area contributed by atoms with Crippen molar-refractivity contribution >= 4 is 12.0 Å². The van der Waals surface area contributed by atoms with Gasteiger partial charge in [0.05, 0.1) is 0 Å². The Balaban J connectivity index is 3.25. The number of benzene rings is 1. The molecule has 0 bridgehead atoms. The van der Waals surface area contributed by atoms with Crippen LogP contribution in [0.15, 0.2) is 17.1 Å². The molecule has 3 nitrogen and oxygen atoms in total. The molecule has 0 spiro atoms. The summed E-state index contributed by atoms with van der Waals surface area (Å²) in [7, 11) is 0. The van der Waals surface area contributed by atoms with Crippen LogP contribution in [0.25, 0.3) is 0 Å². The molecule has 0 saturated carbocycles. The molecule has 1 amide bonds. The topological polar surface area (TPSA) is 46.5 Å². The van der Waals surface area contributed by atoms with Crippen molar-refractivity contribution in [3.63, 3.8) is 0 Å². The highest BCUT2D eigenvalue weighted by Crippen LogP contribution is 2.13. The first kappa shape index (κ1) is 10.1. The molecular weight excluding hydrogens is 199 g/mol. The third kappa shape index (κ3) is 1.86. The molecule has 0 N–H and O–H groups in total. The van der Waals surface area contributed by atoms with Crippen molar-refractivity contribution in [1.82, 2.24) is 0 Å². The molecule has 0 aromatic heterocycles. The molecule has 1 aromatic rings. The minimum Gasteiger partial charge on any atom is -0.266 e. The second kappa shape index (κ2) is 3.85. The molecule has 14 heavy (non-hydrogen) atoms. The third-order valence-corrected chi connectivity index (χ3v) is 1.38. The Labute approximate surface area is 75.9 Å². The summed E-state index contributed by atoms with van der Waals surface area (Å²) in [6.45, 7) is 0. The van der Waals surface area contributed by atoms with Gasteiger partial charge in [-0.3, -0.25) is 4.79 Å². The summed E-state index contributed by atoms with van der Waals surface area (Å²) in [5, 5.41) is 0. The zero-order valence-electron chi connectivity index (χ0n) is 6.55. The van der Waals surface area contributed by atoms with Crippen molar-refractivity contribution < 1.29 is 22.8 Å². The molecule has 1 rings (SSSR count). The molecular formula is C8H2F3NO2. The molecule has 72 valence electrons. The van der Waals surface area contributed by atoms with Crippen LogP contribution in [0.4, 0.5) is 13.2 Å². The Morgan fingerprint density at radius 3 is 2.14 bits per heavy atom. The lowest BCUT2D eigenvalue weighted by Gasteiger charge is -1.97. The van der Waals surface area contributed by atoms with E-state index in [1.807, 2.05) is 0 Å². The second-order valence-corrected chi connectivity index (χ2v) is 2.26. The van der Waals surface area contributed by atoms with Crippen LogP contribution in [-0.2, 0) is 4.79 Å². The van der Waals surface area contributed by atoms with Crippen LogP contribution in [0.2, 0.25) is 0 Å². The molecule has 6 heteroatoms. The van der Waals surface area contributed by atoms with E-state index in [1.54, 1.807) is 0 Å². The quantitative estimate of drug-likeness (QED) is 0.393. The summed E-state index contributed by atoms with van der Waals surface area (Å²) in [6.07, 6.45) is 0.906. The number of hydrogen-bond donors (Lipinski definition) is 0. The summed E-state index contributed by atoms with van der Waals surface area (Å²) in [6, 6.07) is 0.892. The highest BCUT2D eigenvalue weighted by molar-refractivity contribution is 5.97. The largest absolute Gasteiger partial charge is 0.287 e. The Morgan fingerprint density at radius 2 is 1.71 bits per heavy atom. The standard InChI is InChI=1S/C8H2F3NO2/c9-5-1-4(8(14)12-3-13)2-6(10)7(5)11/h1-2H. The summed E-state index contributed by atoms with van der Waals surface area (Å²) in [4.78, 5) is 23.0. The summed E-state index contributed by atoms with van der Waals surface area (Å²) in [5.41, 5.74) is -0.551. The number of nitrogens with zero attached hydrogens (tertiary/aromatic N) is 1. The first-order valence-corrected chi connectivity index (χ1v) is 3.33. The average molecular weight is 201 g/mol. The molecule has 0 fully saturated rings. The predicted molar refractivity (Wildman–Crippen MR) is 38.8 cm³/mol. The highest BCUT2D eigenvalue weighted by atomic mass is 19.2. The molecule has 0 atom stereocenters. The molecule has 0 heterocycles. The van der Waals surface area contributed by atoms with Crippen LogP contribution in [0.5, 0.6) is 0 Å². The number of rotatable bonds is 1. The van der Waals surface area contributed by atoms with Crippen LogP contribution in [0.1, 0.15) is 10.4 Å². The van der Waals surface area contributed by atoms with Crippen LogP contribution in [0, 0.1) is 17.5 Å². The average Bonchev–Trinajstić information content (AvgIpc) is 2.13. The number of halogens is 3. The number of carbonyl (C=O) groups excluding carboxylic acids is 2. The fourth-order valence-corrected chi connectivity index (χ4v) is 0.785. The van der Waals surface area contributed by atoms with Crippen LogP contribution in [-0.4, -0.2) is 12.0 Å². The van der Waals surface area contributed by atoms with Gasteiger partial charge in [0.1, 0.15) is 0 Å². The molecule has 0 aliphatic carbocycles. The highest BCUT2D eigenvalue weighted by Gasteiger charge is 2.14. The van der Waals surface area contributed by atoms with Gasteiger partial charge in [0.15, 0.2) is 17.5 Å². The zero-order valence-corrected chi connectivity index (χ0v) is 6.55. The van der Waals surface area contributed by atoms with Gasteiger partial charge in [-0.1, -0.05) is 0 Å².